The molecule has 0 spiro atoms. The summed E-state index contributed by atoms with van der Waals surface area (Å²) in [5.74, 6) is -0.200. The zero-order valence-corrected chi connectivity index (χ0v) is 14.3. The van der Waals surface area contributed by atoms with Gasteiger partial charge in [-0.15, -0.1) is 0 Å². The number of hydrogen-bond donors (Lipinski definition) is 0. The Bertz CT molecular complexity index is 639. The van der Waals surface area contributed by atoms with Gasteiger partial charge in [-0.05, 0) is 44.9 Å². The Balaban J connectivity index is 1.93. The van der Waals surface area contributed by atoms with E-state index in [1.165, 1.54) is 12.1 Å². The van der Waals surface area contributed by atoms with Crippen molar-refractivity contribution in [3.63, 3.8) is 0 Å². The summed E-state index contributed by atoms with van der Waals surface area (Å²) in [7, 11) is 0. The number of halogens is 1. The van der Waals surface area contributed by atoms with Crippen LogP contribution in [0.15, 0.2) is 24.3 Å². The van der Waals surface area contributed by atoms with Crippen LogP contribution in [0, 0.1) is 5.82 Å². The molecule has 2 aliphatic heterocycles. The van der Waals surface area contributed by atoms with Crippen molar-refractivity contribution in [1.82, 2.24) is 9.80 Å². The van der Waals surface area contributed by atoms with Crippen LogP contribution in [0.3, 0.4) is 0 Å². The number of piperazine rings is 1. The maximum Gasteiger partial charge on any atom is 0.410 e. The van der Waals surface area contributed by atoms with E-state index in [1.54, 1.807) is 17.0 Å². The van der Waals surface area contributed by atoms with Crippen molar-refractivity contribution < 1.29 is 18.7 Å². The van der Waals surface area contributed by atoms with E-state index < -0.39 is 11.7 Å². The average Bonchev–Trinajstić information content (AvgIpc) is 2.87. The number of ether oxygens (including phenoxy) is 1. The van der Waals surface area contributed by atoms with Gasteiger partial charge >= 0.3 is 6.09 Å². The summed E-state index contributed by atoms with van der Waals surface area (Å²) in [6.45, 7) is 6.41. The van der Waals surface area contributed by atoms with E-state index in [4.69, 9.17) is 4.74 Å². The Kier molecular flexibility index (Phi) is 4.24. The van der Waals surface area contributed by atoms with Crippen LogP contribution >= 0.6 is 0 Å². The minimum Gasteiger partial charge on any atom is -0.444 e. The van der Waals surface area contributed by atoms with Gasteiger partial charge in [0.1, 0.15) is 11.4 Å². The largest absolute Gasteiger partial charge is 0.444 e. The maximum absolute atomic E-state index is 13.3. The summed E-state index contributed by atoms with van der Waals surface area (Å²) in [6, 6.07) is 5.76. The third-order valence-corrected chi connectivity index (χ3v) is 4.50. The van der Waals surface area contributed by atoms with Gasteiger partial charge in [0.25, 0.3) is 0 Å². The molecule has 0 radical (unpaired) electrons. The third kappa shape index (κ3) is 3.23. The molecular weight excluding hydrogens is 311 g/mol. The van der Waals surface area contributed by atoms with Crippen LogP contribution in [0.1, 0.15) is 45.2 Å². The summed E-state index contributed by atoms with van der Waals surface area (Å²) in [5.41, 5.74) is 0.235. The van der Waals surface area contributed by atoms with Gasteiger partial charge in [0.2, 0.25) is 5.91 Å². The molecular formula is C18H23FN2O3. The molecule has 2 saturated heterocycles. The highest BCUT2D eigenvalue weighted by Gasteiger charge is 2.45. The summed E-state index contributed by atoms with van der Waals surface area (Å²) >= 11 is 0. The molecule has 2 aliphatic rings. The van der Waals surface area contributed by atoms with Crippen molar-refractivity contribution in [3.05, 3.63) is 35.6 Å². The lowest BCUT2D eigenvalue weighted by molar-refractivity contribution is -0.132. The van der Waals surface area contributed by atoms with Gasteiger partial charge in [-0.3, -0.25) is 9.69 Å². The number of carbonyl (C=O) groups excluding carboxylic acids is 2. The Morgan fingerprint density at radius 2 is 1.88 bits per heavy atom. The van der Waals surface area contributed by atoms with E-state index in [9.17, 15) is 14.0 Å². The van der Waals surface area contributed by atoms with E-state index in [1.807, 2.05) is 25.7 Å². The quantitative estimate of drug-likeness (QED) is 0.793. The summed E-state index contributed by atoms with van der Waals surface area (Å²) in [4.78, 5) is 28.3. The number of amides is 2. The molecule has 0 saturated carbocycles. The first-order chi connectivity index (χ1) is 11.3. The molecule has 0 bridgehead atoms. The lowest BCUT2D eigenvalue weighted by Gasteiger charge is -2.45. The molecule has 3 rings (SSSR count). The molecule has 0 aromatic heterocycles. The topological polar surface area (TPSA) is 49.9 Å². The van der Waals surface area contributed by atoms with Gasteiger partial charge in [-0.2, -0.15) is 0 Å². The van der Waals surface area contributed by atoms with Crippen molar-refractivity contribution in [3.8, 4) is 0 Å². The monoisotopic (exact) mass is 334 g/mol. The SMILES string of the molecule is CC(C)(C)OC(=O)N1CCN2C(=O)CCC2C1c1ccc(F)cc1. The molecule has 0 aliphatic carbocycles. The van der Waals surface area contributed by atoms with Crippen LogP contribution in [-0.4, -0.2) is 46.5 Å². The highest BCUT2D eigenvalue weighted by molar-refractivity contribution is 5.80. The fourth-order valence-corrected chi connectivity index (χ4v) is 3.52. The van der Waals surface area contributed by atoms with E-state index in [2.05, 4.69) is 0 Å². The first-order valence-electron chi connectivity index (χ1n) is 8.31. The molecule has 2 atom stereocenters. The van der Waals surface area contributed by atoms with Crippen molar-refractivity contribution in [1.29, 1.82) is 0 Å². The van der Waals surface area contributed by atoms with Crippen LogP contribution < -0.4 is 0 Å². The summed E-state index contributed by atoms with van der Waals surface area (Å²) in [6.07, 6.45) is 0.792. The van der Waals surface area contributed by atoms with Crippen molar-refractivity contribution >= 4 is 12.0 Å². The number of fused-ring (bicyclic) bond motifs is 1. The fraction of sp³-hybridized carbons (Fsp3) is 0.556. The first-order valence-corrected chi connectivity index (χ1v) is 8.31. The second kappa shape index (κ2) is 6.07. The normalized spacial score (nSPS) is 24.1. The summed E-state index contributed by atoms with van der Waals surface area (Å²) in [5, 5.41) is 0. The molecule has 1 aromatic carbocycles. The fourth-order valence-electron chi connectivity index (χ4n) is 3.52. The van der Waals surface area contributed by atoms with Gasteiger partial charge in [0, 0.05) is 19.5 Å². The Hall–Kier alpha value is -2.11. The van der Waals surface area contributed by atoms with Crippen LogP contribution in [0.4, 0.5) is 9.18 Å². The molecule has 1 aromatic rings. The van der Waals surface area contributed by atoms with Crippen LogP contribution in [-0.2, 0) is 9.53 Å². The number of carbonyl (C=O) groups is 2. The van der Waals surface area contributed by atoms with Gasteiger partial charge in [0.05, 0.1) is 12.1 Å². The van der Waals surface area contributed by atoms with E-state index in [0.717, 1.165) is 5.56 Å². The smallest absolute Gasteiger partial charge is 0.410 e. The lowest BCUT2D eigenvalue weighted by atomic mass is 9.94. The molecule has 2 fully saturated rings. The highest BCUT2D eigenvalue weighted by atomic mass is 19.1. The van der Waals surface area contributed by atoms with Crippen molar-refractivity contribution in [2.45, 2.75) is 51.3 Å². The molecule has 24 heavy (non-hydrogen) atoms. The lowest BCUT2D eigenvalue weighted by Crippen LogP contribution is -2.55. The zero-order valence-electron chi connectivity index (χ0n) is 14.3. The molecule has 130 valence electrons. The number of nitrogens with zero attached hydrogens (tertiary/aromatic N) is 2. The number of rotatable bonds is 1. The van der Waals surface area contributed by atoms with Gasteiger partial charge in [0.15, 0.2) is 0 Å². The standard InChI is InChI=1S/C18H23FN2O3/c1-18(2,3)24-17(23)21-11-10-20-14(8-9-15(20)22)16(21)12-4-6-13(19)7-5-12/h4-7,14,16H,8-11H2,1-3H3. The highest BCUT2D eigenvalue weighted by Crippen LogP contribution is 2.38. The van der Waals surface area contributed by atoms with Gasteiger partial charge in [-0.25, -0.2) is 9.18 Å². The average molecular weight is 334 g/mol. The third-order valence-electron chi connectivity index (χ3n) is 4.50. The molecule has 2 unspecified atom stereocenters. The Morgan fingerprint density at radius 1 is 1.21 bits per heavy atom. The van der Waals surface area contributed by atoms with E-state index >= 15 is 0 Å². The number of hydrogen-bond acceptors (Lipinski definition) is 3. The second-order valence-corrected chi connectivity index (χ2v) is 7.36. The van der Waals surface area contributed by atoms with Crippen LogP contribution in [0.5, 0.6) is 0 Å². The second-order valence-electron chi connectivity index (χ2n) is 7.36. The van der Waals surface area contributed by atoms with E-state index in [-0.39, 0.29) is 23.8 Å². The molecule has 5 nitrogen and oxygen atoms in total. The van der Waals surface area contributed by atoms with Crippen LogP contribution in [0.2, 0.25) is 0 Å². The minimum atomic E-state index is -0.590. The molecule has 0 N–H and O–H groups in total. The Morgan fingerprint density at radius 3 is 2.50 bits per heavy atom. The predicted molar refractivity (Wildman–Crippen MR) is 86.8 cm³/mol. The molecule has 2 heterocycles. The predicted octanol–water partition coefficient (Wildman–Crippen LogP) is 3.11. The molecule has 2 amide bonds. The Labute approximate surface area is 141 Å². The maximum atomic E-state index is 13.3. The van der Waals surface area contributed by atoms with Crippen molar-refractivity contribution in [2.75, 3.05) is 13.1 Å². The van der Waals surface area contributed by atoms with Gasteiger partial charge in [-0.1, -0.05) is 12.1 Å². The minimum absolute atomic E-state index is 0.0794. The van der Waals surface area contributed by atoms with Crippen LogP contribution in [0.25, 0.3) is 0 Å². The zero-order chi connectivity index (χ0) is 17.5. The number of benzene rings is 1. The first kappa shape index (κ1) is 16.7. The summed E-state index contributed by atoms with van der Waals surface area (Å²) < 4.78 is 18.8. The van der Waals surface area contributed by atoms with E-state index in [0.29, 0.717) is 25.9 Å². The molecule has 6 heteroatoms. The van der Waals surface area contributed by atoms with Crippen molar-refractivity contribution in [2.24, 2.45) is 0 Å². The van der Waals surface area contributed by atoms with Gasteiger partial charge < -0.3 is 9.64 Å².